The molecular weight excluding hydrogens is 325 g/mol. The molecule has 0 fully saturated rings. The molecule has 0 saturated carbocycles. The van der Waals surface area contributed by atoms with E-state index in [4.69, 9.17) is 0 Å². The highest BCUT2D eigenvalue weighted by molar-refractivity contribution is 9.10. The van der Waals surface area contributed by atoms with Gasteiger partial charge in [0.1, 0.15) is 5.82 Å². The minimum Gasteiger partial charge on any atom is -0.306 e. The number of hydrogen-bond donors (Lipinski definition) is 1. The largest absolute Gasteiger partial charge is 0.306 e. The summed E-state index contributed by atoms with van der Waals surface area (Å²) in [4.78, 5) is 1.24. The Morgan fingerprint density at radius 2 is 2.21 bits per heavy atom. The third-order valence-electron chi connectivity index (χ3n) is 2.97. The van der Waals surface area contributed by atoms with Gasteiger partial charge in [0.25, 0.3) is 0 Å². The summed E-state index contributed by atoms with van der Waals surface area (Å²) in [6, 6.07) is 7.15. The quantitative estimate of drug-likeness (QED) is 0.802. The number of thiophene rings is 1. The topological polar surface area (TPSA) is 12.0 Å². The summed E-state index contributed by atoms with van der Waals surface area (Å²) in [6.45, 7) is 5.04. The van der Waals surface area contributed by atoms with Crippen molar-refractivity contribution in [3.63, 3.8) is 0 Å². The lowest BCUT2D eigenvalue weighted by Gasteiger charge is -2.20. The maximum atomic E-state index is 14.2. The third kappa shape index (κ3) is 3.44. The zero-order chi connectivity index (χ0) is 13.8. The molecule has 4 heteroatoms. The zero-order valence-corrected chi connectivity index (χ0v) is 13.4. The molecule has 0 saturated heterocycles. The molecule has 2 rings (SSSR count). The van der Waals surface area contributed by atoms with E-state index in [1.165, 1.54) is 10.9 Å². The minimum atomic E-state index is -0.174. The molecule has 1 N–H and O–H groups in total. The first-order chi connectivity index (χ1) is 9.13. The van der Waals surface area contributed by atoms with Crippen LogP contribution in [0.1, 0.15) is 35.4 Å². The van der Waals surface area contributed by atoms with Crippen LogP contribution in [-0.4, -0.2) is 6.54 Å². The van der Waals surface area contributed by atoms with Gasteiger partial charge in [-0.1, -0.05) is 28.9 Å². The van der Waals surface area contributed by atoms with Crippen LogP contribution in [0.4, 0.5) is 4.39 Å². The number of hydrogen-bond acceptors (Lipinski definition) is 2. The summed E-state index contributed by atoms with van der Waals surface area (Å²) in [7, 11) is 0. The first kappa shape index (κ1) is 14.7. The number of benzene rings is 1. The van der Waals surface area contributed by atoms with Gasteiger partial charge in [0.05, 0.1) is 6.04 Å². The average Bonchev–Trinajstić information content (AvgIpc) is 2.79. The van der Waals surface area contributed by atoms with Crippen molar-refractivity contribution >= 4 is 27.3 Å². The molecule has 1 heterocycles. The van der Waals surface area contributed by atoms with E-state index in [0.29, 0.717) is 5.56 Å². The highest BCUT2D eigenvalue weighted by atomic mass is 79.9. The summed E-state index contributed by atoms with van der Waals surface area (Å²) in [5.41, 5.74) is 1.82. The van der Waals surface area contributed by atoms with E-state index in [9.17, 15) is 4.39 Å². The van der Waals surface area contributed by atoms with Crippen molar-refractivity contribution in [3.8, 4) is 0 Å². The predicted octanol–water partition coefficient (Wildman–Crippen LogP) is 5.05. The monoisotopic (exact) mass is 341 g/mol. The van der Waals surface area contributed by atoms with Gasteiger partial charge in [-0.05, 0) is 49.0 Å². The number of aryl methyl sites for hydroxylation is 1. The Morgan fingerprint density at radius 1 is 1.42 bits per heavy atom. The smallest absolute Gasteiger partial charge is 0.129 e. The molecule has 0 aliphatic carbocycles. The molecule has 0 spiro atoms. The Bertz CT molecular complexity index is 533. The van der Waals surface area contributed by atoms with Crippen molar-refractivity contribution in [2.24, 2.45) is 0 Å². The summed E-state index contributed by atoms with van der Waals surface area (Å²) in [6.07, 6.45) is 1.02. The van der Waals surface area contributed by atoms with Crippen molar-refractivity contribution in [1.29, 1.82) is 0 Å². The molecule has 0 bridgehead atoms. The molecule has 0 aliphatic rings. The van der Waals surface area contributed by atoms with Gasteiger partial charge in [-0.3, -0.25) is 0 Å². The lowest BCUT2D eigenvalue weighted by Crippen LogP contribution is -2.24. The molecule has 0 amide bonds. The summed E-state index contributed by atoms with van der Waals surface area (Å²) < 4.78 is 15.0. The van der Waals surface area contributed by atoms with Crippen molar-refractivity contribution in [1.82, 2.24) is 5.32 Å². The lowest BCUT2D eigenvalue weighted by atomic mass is 10.00. The van der Waals surface area contributed by atoms with Crippen LogP contribution in [0.15, 0.2) is 34.1 Å². The zero-order valence-electron chi connectivity index (χ0n) is 11.0. The second-order valence-electron chi connectivity index (χ2n) is 4.51. The molecule has 1 aromatic carbocycles. The number of nitrogens with one attached hydrogen (secondary N) is 1. The molecule has 1 unspecified atom stereocenters. The lowest BCUT2D eigenvalue weighted by molar-refractivity contribution is 0.545. The molecule has 1 nitrogen and oxygen atoms in total. The van der Waals surface area contributed by atoms with Gasteiger partial charge < -0.3 is 5.32 Å². The molecule has 102 valence electrons. The van der Waals surface area contributed by atoms with Crippen molar-refractivity contribution in [2.75, 3.05) is 6.54 Å². The summed E-state index contributed by atoms with van der Waals surface area (Å²) in [5, 5.41) is 5.53. The maximum Gasteiger partial charge on any atom is 0.129 e. The summed E-state index contributed by atoms with van der Waals surface area (Å²) >= 11 is 5.16. The van der Waals surface area contributed by atoms with Gasteiger partial charge in [-0.2, -0.15) is 0 Å². The number of rotatable bonds is 5. The van der Waals surface area contributed by atoms with Crippen LogP contribution in [-0.2, 0) is 0 Å². The first-order valence-corrected chi connectivity index (χ1v) is 8.03. The molecule has 0 radical (unpaired) electrons. The van der Waals surface area contributed by atoms with Crippen LogP contribution < -0.4 is 5.32 Å². The minimum absolute atomic E-state index is 0.0968. The maximum absolute atomic E-state index is 14.2. The van der Waals surface area contributed by atoms with Gasteiger partial charge >= 0.3 is 0 Å². The van der Waals surface area contributed by atoms with E-state index < -0.39 is 0 Å². The summed E-state index contributed by atoms with van der Waals surface area (Å²) in [5.74, 6) is -0.174. The Morgan fingerprint density at radius 3 is 2.79 bits per heavy atom. The third-order valence-corrected chi connectivity index (χ3v) is 4.54. The molecule has 1 atom stereocenters. The van der Waals surface area contributed by atoms with Crippen LogP contribution in [0.5, 0.6) is 0 Å². The Balaban J connectivity index is 2.42. The Labute approximate surface area is 126 Å². The fraction of sp³-hybridized carbons (Fsp3) is 0.333. The van der Waals surface area contributed by atoms with Gasteiger partial charge in [0.15, 0.2) is 0 Å². The fourth-order valence-corrected chi connectivity index (χ4v) is 3.38. The van der Waals surface area contributed by atoms with Crippen molar-refractivity contribution in [3.05, 3.63) is 55.9 Å². The highest BCUT2D eigenvalue weighted by Gasteiger charge is 2.20. The molecular formula is C15H17BrFNS. The highest BCUT2D eigenvalue weighted by Crippen LogP contribution is 2.32. The average molecular weight is 342 g/mol. The van der Waals surface area contributed by atoms with E-state index in [1.54, 1.807) is 17.4 Å². The second kappa shape index (κ2) is 6.64. The molecule has 0 aliphatic heterocycles. The fourth-order valence-electron chi connectivity index (χ4n) is 2.08. The number of halogens is 2. The molecule has 1 aromatic heterocycles. The SMILES string of the molecule is CCCNC(c1csc(C)c1)c1c(F)cccc1Br. The second-order valence-corrected chi connectivity index (χ2v) is 6.48. The van der Waals surface area contributed by atoms with E-state index in [0.717, 1.165) is 23.0 Å². The van der Waals surface area contributed by atoms with Crippen LogP contribution in [0.25, 0.3) is 0 Å². The van der Waals surface area contributed by atoms with Gasteiger partial charge in [-0.15, -0.1) is 11.3 Å². The van der Waals surface area contributed by atoms with Gasteiger partial charge in [-0.25, -0.2) is 4.39 Å². The van der Waals surface area contributed by atoms with Crippen LogP contribution >= 0.6 is 27.3 Å². The Kier molecular flexibility index (Phi) is 5.13. The van der Waals surface area contributed by atoms with Crippen LogP contribution in [0.3, 0.4) is 0 Å². The van der Waals surface area contributed by atoms with Crippen LogP contribution in [0, 0.1) is 12.7 Å². The van der Waals surface area contributed by atoms with Gasteiger partial charge in [0.2, 0.25) is 0 Å². The van der Waals surface area contributed by atoms with Crippen molar-refractivity contribution < 1.29 is 4.39 Å². The van der Waals surface area contributed by atoms with E-state index in [2.05, 4.69) is 46.5 Å². The van der Waals surface area contributed by atoms with E-state index in [1.807, 2.05) is 6.07 Å². The van der Waals surface area contributed by atoms with E-state index >= 15 is 0 Å². The molecule has 2 aromatic rings. The standard InChI is InChI=1S/C15H17BrFNS/c1-3-7-18-15(11-8-10(2)19-9-11)14-12(16)5-4-6-13(14)17/h4-6,8-9,15,18H,3,7H2,1-2H3. The normalized spacial score (nSPS) is 12.6. The van der Waals surface area contributed by atoms with Crippen LogP contribution in [0.2, 0.25) is 0 Å². The molecule has 19 heavy (non-hydrogen) atoms. The van der Waals surface area contributed by atoms with E-state index in [-0.39, 0.29) is 11.9 Å². The predicted molar refractivity (Wildman–Crippen MR) is 83.3 cm³/mol. The van der Waals surface area contributed by atoms with Crippen molar-refractivity contribution in [2.45, 2.75) is 26.3 Å². The Hall–Kier alpha value is -0.710. The first-order valence-electron chi connectivity index (χ1n) is 6.35. The van der Waals surface area contributed by atoms with Gasteiger partial charge in [0, 0.05) is 14.9 Å².